The van der Waals surface area contributed by atoms with E-state index in [2.05, 4.69) is 10.6 Å². The number of likely N-dealkylation sites (N-methyl/N-ethyl adjacent to an activating group) is 1. The van der Waals surface area contributed by atoms with E-state index in [1.807, 2.05) is 20.9 Å². The molecule has 106 valence electrons. The quantitative estimate of drug-likeness (QED) is 0.618. The summed E-state index contributed by atoms with van der Waals surface area (Å²) >= 11 is 0. The molecule has 0 spiro atoms. The van der Waals surface area contributed by atoms with Gasteiger partial charge in [-0.15, -0.1) is 0 Å². The molecule has 0 aromatic rings. The number of amides is 1. The van der Waals surface area contributed by atoms with Crippen molar-refractivity contribution in [2.75, 3.05) is 20.2 Å². The lowest BCUT2D eigenvalue weighted by Gasteiger charge is -2.17. The average molecular weight is 258 g/mol. The number of ether oxygens (including phenoxy) is 1. The molecule has 0 aromatic carbocycles. The molecule has 2 N–H and O–H groups in total. The van der Waals surface area contributed by atoms with Crippen LogP contribution in [0, 0.1) is 5.92 Å². The van der Waals surface area contributed by atoms with Gasteiger partial charge in [-0.1, -0.05) is 13.8 Å². The molecule has 0 rings (SSSR count). The first-order valence-corrected chi connectivity index (χ1v) is 6.64. The second-order valence-corrected chi connectivity index (χ2v) is 4.54. The number of carbonyl (C=O) groups excluding carboxylic acids is 2. The molecule has 0 bridgehead atoms. The maximum atomic E-state index is 11.8. The van der Waals surface area contributed by atoms with E-state index in [0.717, 1.165) is 19.3 Å². The largest absolute Gasteiger partial charge is 0.450 e. The van der Waals surface area contributed by atoms with Gasteiger partial charge in [-0.25, -0.2) is 4.79 Å². The highest BCUT2D eigenvalue weighted by Gasteiger charge is 2.18. The first-order valence-electron chi connectivity index (χ1n) is 6.64. The minimum Gasteiger partial charge on any atom is -0.450 e. The topological polar surface area (TPSA) is 67.4 Å². The maximum Gasteiger partial charge on any atom is 0.407 e. The van der Waals surface area contributed by atoms with Gasteiger partial charge in [-0.3, -0.25) is 4.79 Å². The smallest absolute Gasteiger partial charge is 0.407 e. The van der Waals surface area contributed by atoms with E-state index in [1.54, 1.807) is 6.92 Å². The van der Waals surface area contributed by atoms with Crippen molar-refractivity contribution >= 4 is 11.9 Å². The van der Waals surface area contributed by atoms with Gasteiger partial charge >= 0.3 is 6.09 Å². The van der Waals surface area contributed by atoms with Crippen LogP contribution < -0.4 is 10.6 Å². The molecule has 18 heavy (non-hydrogen) atoms. The summed E-state index contributed by atoms with van der Waals surface area (Å²) in [6.07, 6.45) is 2.18. The number of unbranched alkanes of at least 4 members (excludes halogenated alkanes) is 1. The number of hydrogen-bond acceptors (Lipinski definition) is 4. The minimum absolute atomic E-state index is 0.0557. The maximum absolute atomic E-state index is 11.8. The van der Waals surface area contributed by atoms with Gasteiger partial charge in [0.05, 0.1) is 12.6 Å². The summed E-state index contributed by atoms with van der Waals surface area (Å²) in [5.41, 5.74) is 0. The van der Waals surface area contributed by atoms with Crippen LogP contribution in [0.4, 0.5) is 4.79 Å². The Hall–Kier alpha value is -1.10. The van der Waals surface area contributed by atoms with E-state index in [0.29, 0.717) is 13.2 Å². The Bertz CT molecular complexity index is 255. The van der Waals surface area contributed by atoms with E-state index >= 15 is 0 Å². The number of carbonyl (C=O) groups is 2. The minimum atomic E-state index is -0.374. The molecule has 0 fully saturated rings. The number of alkyl carbamates (subject to hydrolysis) is 1. The number of rotatable bonds is 9. The van der Waals surface area contributed by atoms with E-state index in [-0.39, 0.29) is 23.8 Å². The monoisotopic (exact) mass is 258 g/mol. The molecule has 0 saturated heterocycles. The molecule has 0 saturated carbocycles. The fourth-order valence-electron chi connectivity index (χ4n) is 1.68. The molecule has 0 unspecified atom stereocenters. The second kappa shape index (κ2) is 9.88. The predicted molar refractivity (Wildman–Crippen MR) is 71.6 cm³/mol. The zero-order chi connectivity index (χ0) is 14.0. The number of ketones is 1. The van der Waals surface area contributed by atoms with Crippen molar-refractivity contribution in [2.45, 2.75) is 46.1 Å². The SMILES string of the molecule is CCOC(=O)NCCCC[C@H](NC)C(=O)C(C)C. The van der Waals surface area contributed by atoms with Crippen molar-refractivity contribution in [1.29, 1.82) is 0 Å². The van der Waals surface area contributed by atoms with Crippen LogP contribution in [0.5, 0.6) is 0 Å². The molecule has 1 atom stereocenters. The lowest BCUT2D eigenvalue weighted by Crippen LogP contribution is -2.36. The summed E-state index contributed by atoms with van der Waals surface area (Å²) in [4.78, 5) is 22.8. The summed E-state index contributed by atoms with van der Waals surface area (Å²) < 4.78 is 4.74. The predicted octanol–water partition coefficient (Wildman–Crippen LogP) is 1.72. The lowest BCUT2D eigenvalue weighted by atomic mass is 9.97. The van der Waals surface area contributed by atoms with Crippen molar-refractivity contribution in [1.82, 2.24) is 10.6 Å². The first kappa shape index (κ1) is 16.9. The van der Waals surface area contributed by atoms with Crippen molar-refractivity contribution in [2.24, 2.45) is 5.92 Å². The fraction of sp³-hybridized carbons (Fsp3) is 0.846. The van der Waals surface area contributed by atoms with Crippen molar-refractivity contribution in [3.8, 4) is 0 Å². The molecule has 0 aliphatic heterocycles. The van der Waals surface area contributed by atoms with Crippen molar-refractivity contribution in [3.63, 3.8) is 0 Å². The molecule has 0 aliphatic carbocycles. The van der Waals surface area contributed by atoms with Crippen molar-refractivity contribution < 1.29 is 14.3 Å². The Morgan fingerprint density at radius 2 is 1.89 bits per heavy atom. The fourth-order valence-corrected chi connectivity index (χ4v) is 1.68. The molecule has 1 amide bonds. The summed E-state index contributed by atoms with van der Waals surface area (Å²) in [7, 11) is 1.81. The third kappa shape index (κ3) is 7.27. The van der Waals surface area contributed by atoms with Gasteiger partial charge in [0, 0.05) is 12.5 Å². The van der Waals surface area contributed by atoms with E-state index < -0.39 is 0 Å². The molecule has 5 nitrogen and oxygen atoms in total. The van der Waals surface area contributed by atoms with Crippen LogP contribution in [0.25, 0.3) is 0 Å². The van der Waals surface area contributed by atoms with Crippen LogP contribution in [0.2, 0.25) is 0 Å². The van der Waals surface area contributed by atoms with Crippen LogP contribution in [0.1, 0.15) is 40.0 Å². The normalized spacial score (nSPS) is 12.3. The summed E-state index contributed by atoms with van der Waals surface area (Å²) in [5, 5.41) is 5.70. The molecule has 5 heteroatoms. The Kier molecular flexibility index (Phi) is 9.28. The van der Waals surface area contributed by atoms with Crippen LogP contribution in [-0.2, 0) is 9.53 Å². The zero-order valence-corrected chi connectivity index (χ0v) is 11.9. The van der Waals surface area contributed by atoms with Gasteiger partial charge in [0.2, 0.25) is 0 Å². The average Bonchev–Trinajstić information content (AvgIpc) is 2.33. The Balaban J connectivity index is 3.69. The Labute approximate surface area is 110 Å². The highest BCUT2D eigenvalue weighted by molar-refractivity contribution is 5.85. The second-order valence-electron chi connectivity index (χ2n) is 4.54. The van der Waals surface area contributed by atoms with Gasteiger partial charge in [0.25, 0.3) is 0 Å². The molecular weight excluding hydrogens is 232 g/mol. The van der Waals surface area contributed by atoms with E-state index in [1.165, 1.54) is 0 Å². The third-order valence-electron chi connectivity index (χ3n) is 2.73. The van der Waals surface area contributed by atoms with Crippen molar-refractivity contribution in [3.05, 3.63) is 0 Å². The number of nitrogens with one attached hydrogen (secondary N) is 2. The van der Waals surface area contributed by atoms with Gasteiger partial charge in [0.1, 0.15) is 0 Å². The highest BCUT2D eigenvalue weighted by atomic mass is 16.5. The summed E-state index contributed by atoms with van der Waals surface area (Å²) in [6, 6.07) is -0.0763. The van der Waals surface area contributed by atoms with Crippen LogP contribution >= 0.6 is 0 Å². The molecular formula is C13H26N2O3. The van der Waals surface area contributed by atoms with Crippen LogP contribution in [0.3, 0.4) is 0 Å². The zero-order valence-electron chi connectivity index (χ0n) is 11.9. The molecule has 0 radical (unpaired) electrons. The standard InChI is InChI=1S/C13H26N2O3/c1-5-18-13(17)15-9-7-6-8-11(14-4)12(16)10(2)3/h10-11,14H,5-9H2,1-4H3,(H,15,17)/t11-/m0/s1. The summed E-state index contributed by atoms with van der Waals surface area (Å²) in [6.45, 7) is 6.57. The van der Waals surface area contributed by atoms with Crippen LogP contribution in [-0.4, -0.2) is 38.1 Å². The van der Waals surface area contributed by atoms with E-state index in [9.17, 15) is 9.59 Å². The van der Waals surface area contributed by atoms with Gasteiger partial charge in [0.15, 0.2) is 5.78 Å². The van der Waals surface area contributed by atoms with Gasteiger partial charge in [-0.2, -0.15) is 0 Å². The number of Topliss-reactive ketones (excluding diaryl/α,β-unsaturated/α-hetero) is 1. The number of hydrogen-bond donors (Lipinski definition) is 2. The molecule has 0 heterocycles. The third-order valence-corrected chi connectivity index (χ3v) is 2.73. The molecule has 0 aliphatic rings. The lowest BCUT2D eigenvalue weighted by molar-refractivity contribution is -0.124. The Morgan fingerprint density at radius 3 is 2.39 bits per heavy atom. The van der Waals surface area contributed by atoms with Crippen LogP contribution in [0.15, 0.2) is 0 Å². The Morgan fingerprint density at radius 1 is 1.22 bits per heavy atom. The van der Waals surface area contributed by atoms with Gasteiger partial charge < -0.3 is 15.4 Å². The molecule has 0 aromatic heterocycles. The summed E-state index contributed by atoms with van der Waals surface area (Å²) in [5.74, 6) is 0.302. The van der Waals surface area contributed by atoms with Gasteiger partial charge in [-0.05, 0) is 33.2 Å². The highest BCUT2D eigenvalue weighted by Crippen LogP contribution is 2.07. The van der Waals surface area contributed by atoms with E-state index in [4.69, 9.17) is 4.74 Å². The first-order chi connectivity index (χ1) is 8.52.